The molecule has 0 saturated carbocycles. The molecule has 5 heteroatoms. The summed E-state index contributed by atoms with van der Waals surface area (Å²) in [6.45, 7) is 0. The summed E-state index contributed by atoms with van der Waals surface area (Å²) in [7, 11) is 0. The van der Waals surface area contributed by atoms with Gasteiger partial charge in [-0.15, -0.1) is 5.69 Å². The Morgan fingerprint density at radius 1 is 1.17 bits per heavy atom. The minimum absolute atomic E-state index is 0. The van der Waals surface area contributed by atoms with Crippen LogP contribution in [0, 0.1) is 0 Å². The van der Waals surface area contributed by atoms with Crippen molar-refractivity contribution in [3.05, 3.63) is 35.6 Å². The first-order valence-corrected chi connectivity index (χ1v) is 2.89. The molecule has 1 N–H and O–H groups in total. The molecule has 0 spiro atoms. The predicted molar refractivity (Wildman–Crippen MR) is 35.4 cm³/mol. The molecule has 12 heavy (non-hydrogen) atoms. The van der Waals surface area contributed by atoms with Crippen LogP contribution in [0.5, 0.6) is 0 Å². The van der Waals surface area contributed by atoms with E-state index in [1.165, 1.54) is 12.1 Å². The standard InChI is InChI=1S/C7H5F3N.Li/c8-7(9,10)5-2-1-3-6(11)4-5;/h1-4,11H;/q-1;+1. The van der Waals surface area contributed by atoms with Crippen LogP contribution in [-0.2, 0) is 6.18 Å². The number of hydrogen-bond donors (Lipinski definition) is 0. The van der Waals surface area contributed by atoms with E-state index in [0.29, 0.717) is 0 Å². The van der Waals surface area contributed by atoms with Gasteiger partial charge in [-0.2, -0.15) is 13.2 Å². The molecule has 0 bridgehead atoms. The number of halogens is 3. The molecule has 0 aliphatic heterocycles. The first-order valence-electron chi connectivity index (χ1n) is 2.89. The maximum Gasteiger partial charge on any atom is 1.00 e. The quantitative estimate of drug-likeness (QED) is 0.499. The fourth-order valence-corrected chi connectivity index (χ4v) is 0.696. The summed E-state index contributed by atoms with van der Waals surface area (Å²) in [6.07, 6.45) is -4.34. The van der Waals surface area contributed by atoms with Crippen LogP contribution >= 0.6 is 0 Å². The fraction of sp³-hybridized carbons (Fsp3) is 0.143. The molecule has 0 unspecified atom stereocenters. The van der Waals surface area contributed by atoms with Crippen molar-refractivity contribution in [2.24, 2.45) is 0 Å². The van der Waals surface area contributed by atoms with Gasteiger partial charge in [-0.05, 0) is 0 Å². The second-order valence-electron chi connectivity index (χ2n) is 2.08. The average molecular weight is 167 g/mol. The summed E-state index contributed by atoms with van der Waals surface area (Å²) < 4.78 is 35.7. The van der Waals surface area contributed by atoms with Crippen molar-refractivity contribution >= 4 is 5.69 Å². The van der Waals surface area contributed by atoms with E-state index < -0.39 is 11.7 Å². The van der Waals surface area contributed by atoms with Crippen LogP contribution in [0.15, 0.2) is 24.3 Å². The SMILES string of the molecule is [Li+].[NH-]c1cccc(C(F)(F)F)c1. The minimum Gasteiger partial charge on any atom is -0.699 e. The van der Waals surface area contributed by atoms with Crippen molar-refractivity contribution in [1.29, 1.82) is 0 Å². The van der Waals surface area contributed by atoms with Gasteiger partial charge in [0.2, 0.25) is 0 Å². The van der Waals surface area contributed by atoms with Crippen molar-refractivity contribution in [3.8, 4) is 0 Å². The van der Waals surface area contributed by atoms with Crippen molar-refractivity contribution < 1.29 is 32.0 Å². The van der Waals surface area contributed by atoms with Crippen LogP contribution in [0.1, 0.15) is 5.56 Å². The van der Waals surface area contributed by atoms with Gasteiger partial charge in [0.25, 0.3) is 0 Å². The summed E-state index contributed by atoms with van der Waals surface area (Å²) in [5.41, 5.74) is 6.02. The normalized spacial score (nSPS) is 10.6. The van der Waals surface area contributed by atoms with Crippen molar-refractivity contribution in [3.63, 3.8) is 0 Å². The zero-order valence-corrected chi connectivity index (χ0v) is 6.44. The van der Waals surface area contributed by atoms with Gasteiger partial charge in [-0.3, -0.25) is 0 Å². The molecule has 60 valence electrons. The average Bonchev–Trinajstić information content (AvgIpc) is 1.86. The van der Waals surface area contributed by atoms with Gasteiger partial charge in [0.1, 0.15) is 0 Å². The molecule has 0 aliphatic rings. The van der Waals surface area contributed by atoms with E-state index in [-0.39, 0.29) is 24.5 Å². The topological polar surface area (TPSA) is 23.8 Å². The molecule has 0 aromatic heterocycles. The molecule has 0 fully saturated rings. The number of alkyl halides is 3. The van der Waals surface area contributed by atoms with Crippen LogP contribution < -0.4 is 18.9 Å². The van der Waals surface area contributed by atoms with Gasteiger partial charge in [0, 0.05) is 0 Å². The fourth-order valence-electron chi connectivity index (χ4n) is 0.696. The Bertz CT molecular complexity index is 259. The van der Waals surface area contributed by atoms with Crippen LogP contribution in [0.2, 0.25) is 0 Å². The molecular formula is C7H5F3LiN. The zero-order valence-electron chi connectivity index (χ0n) is 6.44. The Balaban J connectivity index is 0.00000121. The largest absolute Gasteiger partial charge is 1.00 e. The number of benzene rings is 1. The Morgan fingerprint density at radius 2 is 1.75 bits per heavy atom. The molecule has 0 radical (unpaired) electrons. The van der Waals surface area contributed by atoms with Crippen molar-refractivity contribution in [1.82, 2.24) is 0 Å². The zero-order chi connectivity index (χ0) is 8.48. The summed E-state index contributed by atoms with van der Waals surface area (Å²) in [5.74, 6) is 0. The number of rotatable bonds is 0. The van der Waals surface area contributed by atoms with Crippen LogP contribution in [0.25, 0.3) is 5.73 Å². The van der Waals surface area contributed by atoms with Gasteiger partial charge in [-0.1, -0.05) is 24.3 Å². The van der Waals surface area contributed by atoms with E-state index in [2.05, 4.69) is 0 Å². The van der Waals surface area contributed by atoms with E-state index in [9.17, 15) is 13.2 Å². The third kappa shape index (κ3) is 2.80. The van der Waals surface area contributed by atoms with Gasteiger partial charge >= 0.3 is 25.0 Å². The number of nitrogens with one attached hydrogen (secondary N) is 1. The molecule has 1 rings (SSSR count). The van der Waals surface area contributed by atoms with Crippen molar-refractivity contribution in [2.45, 2.75) is 6.18 Å². The molecular weight excluding hydrogens is 162 g/mol. The maximum absolute atomic E-state index is 11.9. The first-order chi connectivity index (χ1) is 5.00. The van der Waals surface area contributed by atoms with E-state index >= 15 is 0 Å². The van der Waals surface area contributed by atoms with Gasteiger partial charge in [0.15, 0.2) is 0 Å². The summed E-state index contributed by atoms with van der Waals surface area (Å²) in [5, 5.41) is 0. The van der Waals surface area contributed by atoms with Gasteiger partial charge in [-0.25, -0.2) is 0 Å². The molecule has 0 saturated heterocycles. The van der Waals surface area contributed by atoms with E-state index in [1.54, 1.807) is 0 Å². The first kappa shape index (κ1) is 11.4. The third-order valence-corrected chi connectivity index (χ3v) is 1.19. The Kier molecular flexibility index (Phi) is 3.69. The third-order valence-electron chi connectivity index (χ3n) is 1.19. The van der Waals surface area contributed by atoms with Crippen LogP contribution in [-0.4, -0.2) is 0 Å². The molecule has 1 aromatic carbocycles. The summed E-state index contributed by atoms with van der Waals surface area (Å²) >= 11 is 0. The second kappa shape index (κ2) is 3.88. The predicted octanol–water partition coefficient (Wildman–Crippen LogP) is 0.393. The van der Waals surface area contributed by atoms with E-state index in [0.717, 1.165) is 12.1 Å². The second-order valence-corrected chi connectivity index (χ2v) is 2.08. The number of hydrogen-bond acceptors (Lipinski definition) is 0. The van der Waals surface area contributed by atoms with Crippen molar-refractivity contribution in [2.75, 3.05) is 0 Å². The smallest absolute Gasteiger partial charge is 0.699 e. The summed E-state index contributed by atoms with van der Waals surface area (Å²) in [6, 6.07) is 4.25. The van der Waals surface area contributed by atoms with Crippen LogP contribution in [0.4, 0.5) is 18.9 Å². The molecule has 0 aliphatic carbocycles. The molecule has 1 aromatic rings. The molecule has 1 nitrogen and oxygen atoms in total. The Labute approximate surface area is 79.9 Å². The summed E-state index contributed by atoms with van der Waals surface area (Å²) in [4.78, 5) is 0. The minimum atomic E-state index is -4.34. The molecule has 0 atom stereocenters. The monoisotopic (exact) mass is 167 g/mol. The van der Waals surface area contributed by atoms with E-state index in [4.69, 9.17) is 5.73 Å². The Hall–Kier alpha value is -0.593. The van der Waals surface area contributed by atoms with Crippen LogP contribution in [0.3, 0.4) is 0 Å². The molecule has 0 amide bonds. The van der Waals surface area contributed by atoms with Gasteiger partial charge < -0.3 is 5.73 Å². The molecule has 0 heterocycles. The van der Waals surface area contributed by atoms with Gasteiger partial charge in [0.05, 0.1) is 5.56 Å². The Morgan fingerprint density at radius 3 is 2.08 bits per heavy atom. The van der Waals surface area contributed by atoms with E-state index in [1.807, 2.05) is 0 Å². The maximum atomic E-state index is 11.9.